The van der Waals surface area contributed by atoms with E-state index in [4.69, 9.17) is 0 Å². The molecule has 1 saturated carbocycles. The average molecular weight is 352 g/mol. The van der Waals surface area contributed by atoms with Crippen LogP contribution in [-0.4, -0.2) is 44.5 Å². The molecule has 1 nitrogen and oxygen atoms in total. The summed E-state index contributed by atoms with van der Waals surface area (Å²) in [7, 11) is -0.556. The number of hydrogen-bond acceptors (Lipinski definition) is 1. The Hall–Kier alpha value is 0.0500. The zero-order chi connectivity index (χ0) is 17.5. The maximum atomic E-state index is 2.80. The number of hydrogen-bond donors (Lipinski definition) is 0. The van der Waals surface area contributed by atoms with E-state index in [2.05, 4.69) is 52.5 Å². The highest BCUT2D eigenvalue weighted by Crippen LogP contribution is 2.70. The fraction of sp³-hybridized carbons (Fsp3) is 0.909. The third-order valence-corrected chi connectivity index (χ3v) is 13.8. The molecule has 1 saturated heterocycles. The summed E-state index contributed by atoms with van der Waals surface area (Å²) in [6.45, 7) is 16.5. The van der Waals surface area contributed by atoms with Crippen molar-refractivity contribution in [1.82, 2.24) is 4.90 Å². The highest BCUT2D eigenvalue weighted by Gasteiger charge is 2.50. The van der Waals surface area contributed by atoms with E-state index in [0.29, 0.717) is 0 Å². The van der Waals surface area contributed by atoms with Gasteiger partial charge < -0.3 is 0 Å². The van der Waals surface area contributed by atoms with Gasteiger partial charge in [0, 0.05) is 18.6 Å². The molecule has 4 atom stereocenters. The van der Waals surface area contributed by atoms with E-state index >= 15 is 0 Å². The second kappa shape index (κ2) is 7.35. The van der Waals surface area contributed by atoms with Crippen LogP contribution in [0.15, 0.2) is 11.6 Å². The molecule has 24 heavy (non-hydrogen) atoms. The van der Waals surface area contributed by atoms with Crippen molar-refractivity contribution in [1.29, 1.82) is 0 Å². The molecule has 2 heterocycles. The Balaban J connectivity index is 1.93. The summed E-state index contributed by atoms with van der Waals surface area (Å²) < 4.78 is 0. The van der Waals surface area contributed by atoms with Crippen LogP contribution in [0, 0.1) is 0 Å². The number of nitrogens with zero attached hydrogens (tertiary/aromatic N) is 1. The molecule has 0 aromatic carbocycles. The van der Waals surface area contributed by atoms with Crippen molar-refractivity contribution in [3.05, 3.63) is 11.6 Å². The molecule has 0 radical (unpaired) electrons. The summed E-state index contributed by atoms with van der Waals surface area (Å²) in [4.78, 5) is 2.80. The first-order chi connectivity index (χ1) is 11.4. The summed E-state index contributed by atoms with van der Waals surface area (Å²) in [6.07, 6.45) is 12.7. The predicted octanol–water partition coefficient (Wildman–Crippen LogP) is 6.12. The molecule has 3 rings (SSSR count). The van der Waals surface area contributed by atoms with E-state index in [0.717, 1.165) is 33.1 Å². The van der Waals surface area contributed by atoms with Gasteiger partial charge in [-0.05, 0) is 66.4 Å². The monoisotopic (exact) mass is 351 g/mol. The Bertz CT molecular complexity index is 455. The lowest BCUT2D eigenvalue weighted by Gasteiger charge is -2.61. The van der Waals surface area contributed by atoms with Gasteiger partial charge >= 0.3 is 0 Å². The fourth-order valence-electron chi connectivity index (χ4n) is 5.98. The Labute approximate surface area is 153 Å². The smallest absolute Gasteiger partial charge is 0.0237 e. The van der Waals surface area contributed by atoms with Gasteiger partial charge in [-0.2, -0.15) is 0 Å². The van der Waals surface area contributed by atoms with Crippen LogP contribution in [0.25, 0.3) is 0 Å². The zero-order valence-electron chi connectivity index (χ0n) is 17.1. The van der Waals surface area contributed by atoms with Crippen molar-refractivity contribution in [3.8, 4) is 0 Å². The molecule has 2 heteroatoms. The summed E-state index contributed by atoms with van der Waals surface area (Å²) in [6, 6.07) is 1.67. The van der Waals surface area contributed by atoms with Crippen LogP contribution in [0.2, 0.25) is 0 Å². The Morgan fingerprint density at radius 1 is 1.12 bits per heavy atom. The van der Waals surface area contributed by atoms with Crippen molar-refractivity contribution < 1.29 is 0 Å². The third-order valence-electron chi connectivity index (χ3n) is 7.38. The summed E-state index contributed by atoms with van der Waals surface area (Å²) in [5.74, 6) is 0. The molecular weight excluding hydrogens is 310 g/mol. The van der Waals surface area contributed by atoms with Crippen molar-refractivity contribution >= 4 is 10.0 Å². The molecule has 0 bridgehead atoms. The lowest BCUT2D eigenvalue weighted by molar-refractivity contribution is 0.383. The van der Waals surface area contributed by atoms with Crippen LogP contribution in [0.4, 0.5) is 0 Å². The molecular formula is C22H41NS. The van der Waals surface area contributed by atoms with Crippen LogP contribution in [0.5, 0.6) is 0 Å². The summed E-state index contributed by atoms with van der Waals surface area (Å²) in [5.41, 5.74) is 1.73. The first kappa shape index (κ1) is 18.8. The largest absolute Gasteiger partial charge is 0.295 e. The van der Waals surface area contributed by atoms with Crippen LogP contribution >= 0.6 is 10.0 Å². The standard InChI is InChI=1S/C22H41NS/c1-7-19-11-12-22(14-20-15-23(20)18(6)13-19)24(16(2)3,17(4)5)21-9-8-10-21/h11,16-18,20-22H,7-10,12-15H2,1-6H3. The fourth-order valence-corrected chi connectivity index (χ4v) is 12.8. The van der Waals surface area contributed by atoms with Crippen LogP contribution in [0.1, 0.15) is 86.5 Å². The van der Waals surface area contributed by atoms with Gasteiger partial charge in [0.25, 0.3) is 0 Å². The van der Waals surface area contributed by atoms with Gasteiger partial charge in [-0.15, -0.1) is 0 Å². The summed E-state index contributed by atoms with van der Waals surface area (Å²) >= 11 is 0. The molecule has 0 aromatic heterocycles. The Morgan fingerprint density at radius 2 is 1.79 bits per heavy atom. The van der Waals surface area contributed by atoms with E-state index in [1.54, 1.807) is 5.57 Å². The van der Waals surface area contributed by atoms with Crippen molar-refractivity contribution in [3.63, 3.8) is 0 Å². The van der Waals surface area contributed by atoms with Gasteiger partial charge in [0.15, 0.2) is 0 Å². The van der Waals surface area contributed by atoms with Gasteiger partial charge in [0.2, 0.25) is 0 Å². The molecule has 2 aliphatic heterocycles. The van der Waals surface area contributed by atoms with Gasteiger partial charge in [-0.1, -0.05) is 52.7 Å². The zero-order valence-corrected chi connectivity index (χ0v) is 17.9. The number of rotatable bonds is 5. The topological polar surface area (TPSA) is 3.01 Å². The maximum absolute atomic E-state index is 2.80. The van der Waals surface area contributed by atoms with Gasteiger partial charge in [-0.25, -0.2) is 10.0 Å². The number of allylic oxidation sites excluding steroid dienone is 1. The molecule has 0 spiro atoms. The summed E-state index contributed by atoms with van der Waals surface area (Å²) in [5, 5.41) is 3.80. The molecule has 0 amide bonds. The Morgan fingerprint density at radius 3 is 2.29 bits per heavy atom. The minimum Gasteiger partial charge on any atom is -0.295 e. The average Bonchev–Trinajstić information content (AvgIpc) is 3.23. The van der Waals surface area contributed by atoms with Crippen molar-refractivity contribution in [2.75, 3.05) is 6.54 Å². The van der Waals surface area contributed by atoms with E-state index in [-0.39, 0.29) is 0 Å². The second-order valence-electron chi connectivity index (χ2n) is 9.18. The van der Waals surface area contributed by atoms with Gasteiger partial charge in [0.05, 0.1) is 0 Å². The van der Waals surface area contributed by atoms with Crippen molar-refractivity contribution in [2.24, 2.45) is 0 Å². The SMILES string of the molecule is CCC1=CCC(S(C(C)C)(C(C)C)C2CCC2)CC2CN2C(C)C1. The van der Waals surface area contributed by atoms with Gasteiger partial charge in [-0.3, -0.25) is 4.90 Å². The van der Waals surface area contributed by atoms with Crippen LogP contribution in [-0.2, 0) is 0 Å². The molecule has 4 unspecified atom stereocenters. The Kier molecular flexibility index (Phi) is 5.77. The van der Waals surface area contributed by atoms with Gasteiger partial charge in [0.1, 0.15) is 0 Å². The quantitative estimate of drug-likeness (QED) is 0.426. The lowest BCUT2D eigenvalue weighted by Crippen LogP contribution is -2.43. The van der Waals surface area contributed by atoms with E-state index in [1.165, 1.54) is 51.5 Å². The van der Waals surface area contributed by atoms with Crippen molar-refractivity contribution in [2.45, 2.75) is 120 Å². The highest BCUT2D eigenvalue weighted by atomic mass is 32.3. The highest BCUT2D eigenvalue weighted by molar-refractivity contribution is 8.35. The first-order valence-electron chi connectivity index (χ1n) is 10.6. The molecule has 1 aliphatic carbocycles. The molecule has 3 aliphatic rings. The minimum absolute atomic E-state index is 0.556. The van der Waals surface area contributed by atoms with E-state index in [1.807, 2.05) is 0 Å². The minimum atomic E-state index is -0.556. The maximum Gasteiger partial charge on any atom is 0.0237 e. The lowest BCUT2D eigenvalue weighted by atomic mass is 10.00. The van der Waals surface area contributed by atoms with E-state index in [9.17, 15) is 0 Å². The first-order valence-corrected chi connectivity index (χ1v) is 12.5. The normalized spacial score (nSPS) is 35.6. The molecule has 140 valence electrons. The molecule has 0 aromatic rings. The predicted molar refractivity (Wildman–Crippen MR) is 111 cm³/mol. The molecule has 2 fully saturated rings. The molecule has 0 N–H and O–H groups in total. The number of fused-ring (bicyclic) bond motifs is 1. The third kappa shape index (κ3) is 3.22. The van der Waals surface area contributed by atoms with Crippen LogP contribution in [0.3, 0.4) is 0 Å². The van der Waals surface area contributed by atoms with E-state index < -0.39 is 10.0 Å². The van der Waals surface area contributed by atoms with Crippen LogP contribution < -0.4 is 0 Å². The second-order valence-corrected chi connectivity index (χ2v) is 14.0.